The van der Waals surface area contributed by atoms with E-state index in [0.717, 1.165) is 29.1 Å². The van der Waals surface area contributed by atoms with E-state index in [-0.39, 0.29) is 0 Å². The molecule has 0 amide bonds. The predicted octanol–water partition coefficient (Wildman–Crippen LogP) is 4.14. The van der Waals surface area contributed by atoms with Gasteiger partial charge in [0.15, 0.2) is 5.82 Å². The van der Waals surface area contributed by atoms with Gasteiger partial charge in [0.1, 0.15) is 5.75 Å². The highest BCUT2D eigenvalue weighted by atomic mass is 32.1. The molecule has 0 atom stereocenters. The van der Waals surface area contributed by atoms with E-state index in [1.807, 2.05) is 54.6 Å². The summed E-state index contributed by atoms with van der Waals surface area (Å²) in [6.07, 6.45) is 0.979. The summed E-state index contributed by atoms with van der Waals surface area (Å²) in [5.41, 5.74) is 5.40. The van der Waals surface area contributed by atoms with Crippen molar-refractivity contribution in [1.82, 2.24) is 14.9 Å². The molecule has 24 heavy (non-hydrogen) atoms. The lowest BCUT2D eigenvalue weighted by atomic mass is 10.2. The topological polar surface area (TPSA) is 54.9 Å². The van der Waals surface area contributed by atoms with Crippen LogP contribution in [0.3, 0.4) is 0 Å². The van der Waals surface area contributed by atoms with Gasteiger partial charge in [-0.05, 0) is 24.7 Å². The van der Waals surface area contributed by atoms with E-state index in [2.05, 4.69) is 22.5 Å². The van der Waals surface area contributed by atoms with Crippen molar-refractivity contribution < 1.29 is 4.74 Å². The largest absolute Gasteiger partial charge is 0.493 e. The fourth-order valence-corrected chi connectivity index (χ4v) is 2.59. The number of para-hydroxylation sites is 1. The fourth-order valence-electron chi connectivity index (χ4n) is 2.39. The molecular formula is C18H20N4OS. The minimum absolute atomic E-state index is 0.529. The number of ether oxygens (including phenoxy) is 1. The third-order valence-corrected chi connectivity index (χ3v) is 3.84. The van der Waals surface area contributed by atoms with Crippen molar-refractivity contribution in [3.63, 3.8) is 0 Å². The second-order valence-corrected chi connectivity index (χ2v) is 5.73. The number of hydrogen-bond acceptors (Lipinski definition) is 4. The SMILES string of the molecule is CCCOc1ccccc1CNn1c(-c2ccccc2)n[nH]c1=S. The van der Waals surface area contributed by atoms with Gasteiger partial charge in [-0.15, -0.1) is 0 Å². The molecule has 5 nitrogen and oxygen atoms in total. The van der Waals surface area contributed by atoms with Crippen LogP contribution in [0, 0.1) is 4.77 Å². The van der Waals surface area contributed by atoms with Gasteiger partial charge in [0.2, 0.25) is 4.77 Å². The molecule has 1 aromatic heterocycles. The van der Waals surface area contributed by atoms with E-state index in [4.69, 9.17) is 17.0 Å². The molecular weight excluding hydrogens is 320 g/mol. The summed E-state index contributed by atoms with van der Waals surface area (Å²) in [4.78, 5) is 0. The summed E-state index contributed by atoms with van der Waals surface area (Å²) in [5, 5.41) is 7.17. The Hall–Kier alpha value is -2.60. The second kappa shape index (κ2) is 7.79. The van der Waals surface area contributed by atoms with Gasteiger partial charge >= 0.3 is 0 Å². The maximum Gasteiger partial charge on any atom is 0.214 e. The summed E-state index contributed by atoms with van der Waals surface area (Å²) in [6.45, 7) is 3.39. The van der Waals surface area contributed by atoms with Crippen LogP contribution in [-0.2, 0) is 6.54 Å². The van der Waals surface area contributed by atoms with Gasteiger partial charge in [0.05, 0.1) is 13.2 Å². The van der Waals surface area contributed by atoms with Crippen molar-refractivity contribution in [2.45, 2.75) is 19.9 Å². The van der Waals surface area contributed by atoms with E-state index >= 15 is 0 Å². The lowest BCUT2D eigenvalue weighted by Gasteiger charge is -2.14. The van der Waals surface area contributed by atoms with Crippen molar-refractivity contribution >= 4 is 12.2 Å². The number of nitrogens with zero attached hydrogens (tertiary/aromatic N) is 2. The lowest BCUT2D eigenvalue weighted by molar-refractivity contribution is 0.314. The molecule has 0 aliphatic heterocycles. The molecule has 3 aromatic rings. The first-order chi connectivity index (χ1) is 11.8. The number of H-pyrrole nitrogens is 1. The van der Waals surface area contributed by atoms with Crippen molar-refractivity contribution in [3.8, 4) is 17.1 Å². The Morgan fingerprint density at radius 1 is 1.12 bits per heavy atom. The molecule has 1 heterocycles. The average Bonchev–Trinajstić information content (AvgIpc) is 3.00. The van der Waals surface area contributed by atoms with Crippen LogP contribution in [0.2, 0.25) is 0 Å². The van der Waals surface area contributed by atoms with Gasteiger partial charge in [-0.2, -0.15) is 5.10 Å². The minimum atomic E-state index is 0.529. The lowest BCUT2D eigenvalue weighted by Crippen LogP contribution is -2.16. The van der Waals surface area contributed by atoms with Crippen LogP contribution in [0.25, 0.3) is 11.4 Å². The Balaban J connectivity index is 1.81. The smallest absolute Gasteiger partial charge is 0.214 e. The molecule has 0 aliphatic rings. The summed E-state index contributed by atoms with van der Waals surface area (Å²) in [7, 11) is 0. The Morgan fingerprint density at radius 2 is 1.88 bits per heavy atom. The summed E-state index contributed by atoms with van der Waals surface area (Å²) in [6, 6.07) is 17.9. The molecule has 0 saturated carbocycles. The maximum atomic E-state index is 5.80. The molecule has 2 N–H and O–H groups in total. The third-order valence-electron chi connectivity index (χ3n) is 3.57. The zero-order valence-corrected chi connectivity index (χ0v) is 14.3. The Labute approximate surface area is 146 Å². The predicted molar refractivity (Wildman–Crippen MR) is 98.1 cm³/mol. The van der Waals surface area contributed by atoms with E-state index in [1.54, 1.807) is 4.68 Å². The van der Waals surface area contributed by atoms with E-state index in [1.165, 1.54) is 0 Å². The van der Waals surface area contributed by atoms with E-state index in [9.17, 15) is 0 Å². The monoisotopic (exact) mass is 340 g/mol. The van der Waals surface area contributed by atoms with Gasteiger partial charge in [-0.3, -0.25) is 0 Å². The van der Waals surface area contributed by atoms with Gasteiger partial charge in [0.25, 0.3) is 0 Å². The summed E-state index contributed by atoms with van der Waals surface area (Å²) < 4.78 is 8.12. The molecule has 0 radical (unpaired) electrons. The zero-order chi connectivity index (χ0) is 16.8. The Morgan fingerprint density at radius 3 is 2.67 bits per heavy atom. The first-order valence-electron chi connectivity index (χ1n) is 7.97. The van der Waals surface area contributed by atoms with Crippen molar-refractivity contribution in [1.29, 1.82) is 0 Å². The molecule has 0 saturated heterocycles. The van der Waals surface area contributed by atoms with Crippen LogP contribution in [0.15, 0.2) is 54.6 Å². The number of benzene rings is 2. The molecule has 124 valence electrons. The van der Waals surface area contributed by atoms with Gasteiger partial charge in [0, 0.05) is 11.1 Å². The number of hydrogen-bond donors (Lipinski definition) is 2. The molecule has 0 fully saturated rings. The summed E-state index contributed by atoms with van der Waals surface area (Å²) >= 11 is 5.34. The van der Waals surface area contributed by atoms with Crippen LogP contribution >= 0.6 is 12.2 Å². The Bertz CT molecular complexity index is 841. The highest BCUT2D eigenvalue weighted by Gasteiger charge is 2.09. The average molecular weight is 340 g/mol. The molecule has 3 rings (SSSR count). The van der Waals surface area contributed by atoms with Gasteiger partial charge < -0.3 is 10.2 Å². The second-order valence-electron chi connectivity index (χ2n) is 5.34. The first-order valence-corrected chi connectivity index (χ1v) is 8.38. The molecule has 0 spiro atoms. The molecule has 0 bridgehead atoms. The summed E-state index contributed by atoms with van der Waals surface area (Å²) in [5.74, 6) is 1.65. The van der Waals surface area contributed by atoms with Crippen LogP contribution in [0.5, 0.6) is 5.75 Å². The highest BCUT2D eigenvalue weighted by Crippen LogP contribution is 2.20. The van der Waals surface area contributed by atoms with Crippen LogP contribution < -0.4 is 10.2 Å². The van der Waals surface area contributed by atoms with Crippen LogP contribution in [0.4, 0.5) is 0 Å². The van der Waals surface area contributed by atoms with Gasteiger partial charge in [-0.1, -0.05) is 55.5 Å². The van der Waals surface area contributed by atoms with E-state index < -0.39 is 0 Å². The normalized spacial score (nSPS) is 10.5. The number of aromatic nitrogens is 3. The minimum Gasteiger partial charge on any atom is -0.493 e. The zero-order valence-electron chi connectivity index (χ0n) is 13.5. The Kier molecular flexibility index (Phi) is 5.28. The third kappa shape index (κ3) is 3.65. The standard InChI is InChI=1S/C18H20N4OS/c1-2-12-23-16-11-7-6-10-15(16)13-19-22-17(20-21-18(22)24)14-8-4-3-5-9-14/h3-11,19H,2,12-13H2,1H3,(H,21,24). The molecule has 2 aromatic carbocycles. The van der Waals surface area contributed by atoms with Crippen LogP contribution in [0.1, 0.15) is 18.9 Å². The first kappa shape index (κ1) is 16.3. The van der Waals surface area contributed by atoms with Crippen molar-refractivity contribution in [2.75, 3.05) is 12.0 Å². The quantitative estimate of drug-likeness (QED) is 0.635. The highest BCUT2D eigenvalue weighted by molar-refractivity contribution is 7.71. The molecule has 0 unspecified atom stereocenters. The van der Waals surface area contributed by atoms with Crippen molar-refractivity contribution in [3.05, 3.63) is 64.9 Å². The van der Waals surface area contributed by atoms with Crippen molar-refractivity contribution in [2.24, 2.45) is 0 Å². The maximum absolute atomic E-state index is 5.80. The van der Waals surface area contributed by atoms with Gasteiger partial charge in [-0.25, -0.2) is 9.77 Å². The van der Waals surface area contributed by atoms with Crippen LogP contribution in [-0.4, -0.2) is 21.5 Å². The fraction of sp³-hybridized carbons (Fsp3) is 0.222. The number of nitrogens with one attached hydrogen (secondary N) is 2. The molecule has 6 heteroatoms. The molecule has 0 aliphatic carbocycles. The number of aromatic amines is 1. The number of rotatable bonds is 7. The van der Waals surface area contributed by atoms with E-state index in [0.29, 0.717) is 17.9 Å².